The van der Waals surface area contributed by atoms with Gasteiger partial charge in [-0.15, -0.1) is 0 Å². The van der Waals surface area contributed by atoms with Crippen molar-refractivity contribution in [3.63, 3.8) is 0 Å². The molecule has 0 saturated heterocycles. The lowest BCUT2D eigenvalue weighted by Gasteiger charge is -2.40. The van der Waals surface area contributed by atoms with Crippen molar-refractivity contribution < 1.29 is 5.11 Å². The van der Waals surface area contributed by atoms with E-state index in [0.717, 1.165) is 30.7 Å². The predicted octanol–water partition coefficient (Wildman–Crippen LogP) is 4.46. The number of aliphatic hydroxyl groups is 1. The zero-order chi connectivity index (χ0) is 13.4. The Balaban J connectivity index is 2.17. The van der Waals surface area contributed by atoms with Gasteiger partial charge in [0.05, 0.1) is 5.60 Å². The molecule has 0 bridgehead atoms. The summed E-state index contributed by atoms with van der Waals surface area (Å²) in [6.45, 7) is 6.48. The fourth-order valence-electron chi connectivity index (χ4n) is 3.49. The van der Waals surface area contributed by atoms with Gasteiger partial charge in [0, 0.05) is 5.02 Å². The average molecular weight is 267 g/mol. The summed E-state index contributed by atoms with van der Waals surface area (Å²) in [5, 5.41) is 11.8. The number of rotatable bonds is 3. The molecule has 100 valence electrons. The van der Waals surface area contributed by atoms with Crippen LogP contribution in [0.1, 0.15) is 45.6 Å². The molecule has 0 heterocycles. The number of hydrogen-bond acceptors (Lipinski definition) is 1. The molecule has 1 nitrogen and oxygen atoms in total. The minimum Gasteiger partial charge on any atom is -0.389 e. The van der Waals surface area contributed by atoms with Crippen molar-refractivity contribution in [2.75, 3.05) is 0 Å². The van der Waals surface area contributed by atoms with Crippen LogP contribution in [0.2, 0.25) is 5.02 Å². The van der Waals surface area contributed by atoms with E-state index < -0.39 is 5.60 Å². The number of hydrogen-bond donors (Lipinski definition) is 1. The molecule has 0 radical (unpaired) electrons. The third-order valence-corrected chi connectivity index (χ3v) is 5.15. The summed E-state index contributed by atoms with van der Waals surface area (Å²) < 4.78 is 0. The Morgan fingerprint density at radius 1 is 1.28 bits per heavy atom. The SMILES string of the molecule is CC[C@]1(O)C(Cc2ccc(Cl)cc2)CCC1(C)C. The van der Waals surface area contributed by atoms with Crippen molar-refractivity contribution in [2.24, 2.45) is 11.3 Å². The third-order valence-electron chi connectivity index (χ3n) is 4.90. The molecule has 1 aliphatic rings. The van der Waals surface area contributed by atoms with E-state index in [1.54, 1.807) is 0 Å². The first-order valence-electron chi connectivity index (χ1n) is 6.86. The molecule has 0 spiro atoms. The first-order chi connectivity index (χ1) is 8.39. The van der Waals surface area contributed by atoms with Crippen molar-refractivity contribution in [3.05, 3.63) is 34.9 Å². The van der Waals surface area contributed by atoms with Gasteiger partial charge < -0.3 is 5.11 Å². The normalized spacial score (nSPS) is 30.6. The van der Waals surface area contributed by atoms with Gasteiger partial charge in [-0.3, -0.25) is 0 Å². The Hall–Kier alpha value is -0.530. The van der Waals surface area contributed by atoms with Crippen LogP contribution >= 0.6 is 11.6 Å². The zero-order valence-corrected chi connectivity index (χ0v) is 12.3. The first kappa shape index (κ1) is 13.9. The molecule has 1 N–H and O–H groups in total. The van der Waals surface area contributed by atoms with Gasteiger partial charge in [0.2, 0.25) is 0 Å². The first-order valence-corrected chi connectivity index (χ1v) is 7.23. The molecule has 18 heavy (non-hydrogen) atoms. The molecule has 1 aromatic carbocycles. The van der Waals surface area contributed by atoms with E-state index in [2.05, 4.69) is 32.9 Å². The smallest absolute Gasteiger partial charge is 0.0726 e. The van der Waals surface area contributed by atoms with Gasteiger partial charge in [-0.1, -0.05) is 44.5 Å². The van der Waals surface area contributed by atoms with Crippen molar-refractivity contribution in [2.45, 2.75) is 52.1 Å². The second-order valence-electron chi connectivity index (χ2n) is 6.23. The molecular formula is C16H23ClO. The Morgan fingerprint density at radius 2 is 1.89 bits per heavy atom. The molecule has 2 rings (SSSR count). The van der Waals surface area contributed by atoms with Gasteiger partial charge in [-0.05, 0) is 54.7 Å². The van der Waals surface area contributed by atoms with Crippen LogP contribution < -0.4 is 0 Å². The van der Waals surface area contributed by atoms with Crippen LogP contribution in [0.5, 0.6) is 0 Å². The summed E-state index contributed by atoms with van der Waals surface area (Å²) in [5.74, 6) is 0.360. The largest absolute Gasteiger partial charge is 0.389 e. The third kappa shape index (κ3) is 2.31. The van der Waals surface area contributed by atoms with Crippen molar-refractivity contribution in [1.29, 1.82) is 0 Å². The Bertz CT molecular complexity index is 410. The van der Waals surface area contributed by atoms with E-state index >= 15 is 0 Å². The number of halogens is 1. The second kappa shape index (κ2) is 4.86. The quantitative estimate of drug-likeness (QED) is 0.856. The van der Waals surface area contributed by atoms with E-state index in [1.165, 1.54) is 5.56 Å². The highest BCUT2D eigenvalue weighted by atomic mass is 35.5. The molecule has 1 unspecified atom stereocenters. The molecule has 0 amide bonds. The van der Waals surface area contributed by atoms with Crippen LogP contribution in [-0.2, 0) is 6.42 Å². The van der Waals surface area contributed by atoms with E-state index in [4.69, 9.17) is 11.6 Å². The maximum Gasteiger partial charge on any atom is 0.0726 e. The molecule has 1 aromatic rings. The topological polar surface area (TPSA) is 20.2 Å². The highest BCUT2D eigenvalue weighted by Crippen LogP contribution is 2.52. The fourth-order valence-corrected chi connectivity index (χ4v) is 3.61. The molecule has 1 fully saturated rings. The van der Waals surface area contributed by atoms with E-state index in [-0.39, 0.29) is 5.41 Å². The summed E-state index contributed by atoms with van der Waals surface area (Å²) in [4.78, 5) is 0. The lowest BCUT2D eigenvalue weighted by molar-refractivity contribution is -0.0784. The summed E-state index contributed by atoms with van der Waals surface area (Å²) in [7, 11) is 0. The fraction of sp³-hybridized carbons (Fsp3) is 0.625. The maximum absolute atomic E-state index is 11.0. The standard InChI is InChI=1S/C16H23ClO/c1-4-16(18)13(9-10-15(16,2)3)11-12-5-7-14(17)8-6-12/h5-8,13,18H,4,9-11H2,1-3H3/t13?,16-/m0/s1. The Morgan fingerprint density at radius 3 is 2.44 bits per heavy atom. The average Bonchev–Trinajstić information content (AvgIpc) is 2.56. The lowest BCUT2D eigenvalue weighted by Crippen LogP contribution is -2.45. The molecular weight excluding hydrogens is 244 g/mol. The summed E-state index contributed by atoms with van der Waals surface area (Å²) >= 11 is 5.91. The van der Waals surface area contributed by atoms with Gasteiger partial charge in [0.25, 0.3) is 0 Å². The summed E-state index contributed by atoms with van der Waals surface area (Å²) in [6, 6.07) is 8.01. The second-order valence-corrected chi connectivity index (χ2v) is 6.66. The highest BCUT2D eigenvalue weighted by molar-refractivity contribution is 6.30. The monoisotopic (exact) mass is 266 g/mol. The lowest BCUT2D eigenvalue weighted by atomic mass is 9.71. The minimum atomic E-state index is -0.535. The molecule has 1 saturated carbocycles. The van der Waals surface area contributed by atoms with Crippen LogP contribution in [0.4, 0.5) is 0 Å². The van der Waals surface area contributed by atoms with Gasteiger partial charge in [0.1, 0.15) is 0 Å². The molecule has 1 aliphatic carbocycles. The van der Waals surface area contributed by atoms with Crippen molar-refractivity contribution in [3.8, 4) is 0 Å². The Labute approximate surface area is 115 Å². The minimum absolute atomic E-state index is 0.0266. The molecule has 0 aliphatic heterocycles. The Kier molecular flexibility index (Phi) is 3.75. The number of benzene rings is 1. The van der Waals surface area contributed by atoms with Crippen LogP contribution in [0.15, 0.2) is 24.3 Å². The molecule has 2 atom stereocenters. The summed E-state index contributed by atoms with van der Waals surface area (Å²) in [6.07, 6.45) is 4.00. The van der Waals surface area contributed by atoms with Crippen LogP contribution in [-0.4, -0.2) is 10.7 Å². The summed E-state index contributed by atoms with van der Waals surface area (Å²) in [5.41, 5.74) is 0.764. The van der Waals surface area contributed by atoms with Crippen molar-refractivity contribution >= 4 is 11.6 Å². The maximum atomic E-state index is 11.0. The van der Waals surface area contributed by atoms with Gasteiger partial charge in [-0.25, -0.2) is 0 Å². The van der Waals surface area contributed by atoms with Crippen LogP contribution in [0.3, 0.4) is 0 Å². The van der Waals surface area contributed by atoms with Gasteiger partial charge >= 0.3 is 0 Å². The van der Waals surface area contributed by atoms with E-state index in [9.17, 15) is 5.11 Å². The van der Waals surface area contributed by atoms with E-state index in [1.807, 2.05) is 12.1 Å². The van der Waals surface area contributed by atoms with Crippen LogP contribution in [0, 0.1) is 11.3 Å². The predicted molar refractivity (Wildman–Crippen MR) is 76.9 cm³/mol. The molecule has 0 aromatic heterocycles. The molecule has 2 heteroatoms. The van der Waals surface area contributed by atoms with Gasteiger partial charge in [-0.2, -0.15) is 0 Å². The van der Waals surface area contributed by atoms with Crippen LogP contribution in [0.25, 0.3) is 0 Å². The highest BCUT2D eigenvalue weighted by Gasteiger charge is 2.52. The zero-order valence-electron chi connectivity index (χ0n) is 11.5. The van der Waals surface area contributed by atoms with E-state index in [0.29, 0.717) is 5.92 Å². The van der Waals surface area contributed by atoms with Gasteiger partial charge in [0.15, 0.2) is 0 Å². The van der Waals surface area contributed by atoms with Crippen molar-refractivity contribution in [1.82, 2.24) is 0 Å².